The van der Waals surface area contributed by atoms with Gasteiger partial charge in [0.05, 0.1) is 6.10 Å². The molecule has 5 heteroatoms. The van der Waals surface area contributed by atoms with Gasteiger partial charge in [0, 0.05) is 29.7 Å². The highest BCUT2D eigenvalue weighted by Gasteiger charge is 2.07. The summed E-state index contributed by atoms with van der Waals surface area (Å²) in [4.78, 5) is 8.64. The van der Waals surface area contributed by atoms with Crippen LogP contribution in [0.25, 0.3) is 0 Å². The van der Waals surface area contributed by atoms with E-state index in [-0.39, 0.29) is 6.10 Å². The molecule has 1 aromatic heterocycles. The zero-order chi connectivity index (χ0) is 12.8. The van der Waals surface area contributed by atoms with Crippen LogP contribution in [0.1, 0.15) is 25.2 Å². The van der Waals surface area contributed by atoms with Crippen molar-refractivity contribution in [1.82, 2.24) is 15.3 Å². The molecule has 4 nitrogen and oxygen atoms in total. The third-order valence-corrected chi connectivity index (χ3v) is 3.12. The third kappa shape index (κ3) is 6.00. The number of nitrogens with zero attached hydrogens (tertiary/aromatic N) is 2. The van der Waals surface area contributed by atoms with Crippen LogP contribution in [-0.4, -0.2) is 39.5 Å². The highest BCUT2D eigenvalue weighted by Crippen LogP contribution is 2.14. The quantitative estimate of drug-likeness (QED) is 0.596. The van der Waals surface area contributed by atoms with E-state index in [1.54, 1.807) is 0 Å². The second kappa shape index (κ2) is 6.93. The number of aliphatic hydroxyl groups excluding tert-OH is 1. The van der Waals surface area contributed by atoms with E-state index in [4.69, 9.17) is 0 Å². The predicted octanol–water partition coefficient (Wildman–Crippen LogP) is 1.54. The first kappa shape index (κ1) is 14.4. The summed E-state index contributed by atoms with van der Waals surface area (Å²) in [6.07, 6.45) is -0.369. The molecule has 1 aromatic rings. The highest BCUT2D eigenvalue weighted by molar-refractivity contribution is 7.99. The molecule has 2 N–H and O–H groups in total. The minimum atomic E-state index is -0.369. The molecule has 1 atom stereocenters. The van der Waals surface area contributed by atoms with Gasteiger partial charge in [-0.05, 0) is 19.9 Å². The zero-order valence-corrected chi connectivity index (χ0v) is 11.7. The second-order valence-corrected chi connectivity index (χ2v) is 5.45. The van der Waals surface area contributed by atoms with Crippen molar-refractivity contribution in [3.8, 4) is 0 Å². The van der Waals surface area contributed by atoms with Gasteiger partial charge in [0.1, 0.15) is 0 Å². The van der Waals surface area contributed by atoms with E-state index in [1.165, 1.54) is 11.8 Å². The predicted molar refractivity (Wildman–Crippen MR) is 71.4 cm³/mol. The minimum Gasteiger partial charge on any atom is -0.391 e. The Hall–Kier alpha value is -0.650. The molecule has 0 spiro atoms. The molecule has 1 rings (SSSR count). The Balaban J connectivity index is 2.39. The molecule has 96 valence electrons. The molecule has 0 aromatic carbocycles. The Morgan fingerprint density at radius 1 is 1.29 bits per heavy atom. The molecule has 0 bridgehead atoms. The molecule has 0 radical (unpaired) electrons. The van der Waals surface area contributed by atoms with Crippen LogP contribution in [-0.2, 0) is 0 Å². The van der Waals surface area contributed by atoms with Crippen molar-refractivity contribution >= 4 is 11.8 Å². The van der Waals surface area contributed by atoms with Crippen molar-refractivity contribution in [3.05, 3.63) is 17.5 Å². The van der Waals surface area contributed by atoms with E-state index in [9.17, 15) is 5.11 Å². The number of hydrogen-bond donors (Lipinski definition) is 2. The summed E-state index contributed by atoms with van der Waals surface area (Å²) in [5.74, 6) is 0.614. The molecule has 0 saturated carbocycles. The lowest BCUT2D eigenvalue weighted by Gasteiger charge is -2.13. The van der Waals surface area contributed by atoms with E-state index < -0.39 is 0 Å². The molecule has 0 aliphatic heterocycles. The Bertz CT molecular complexity index is 337. The smallest absolute Gasteiger partial charge is 0.188 e. The number of aryl methyl sites for hydroxylation is 2. The summed E-state index contributed by atoms with van der Waals surface area (Å²) in [6, 6.07) is 2.34. The molecule has 0 fully saturated rings. The van der Waals surface area contributed by atoms with Gasteiger partial charge < -0.3 is 10.4 Å². The fourth-order valence-corrected chi connectivity index (χ4v) is 2.24. The van der Waals surface area contributed by atoms with E-state index in [2.05, 4.69) is 29.1 Å². The van der Waals surface area contributed by atoms with Crippen LogP contribution in [0.15, 0.2) is 11.2 Å². The van der Waals surface area contributed by atoms with Crippen LogP contribution in [0.2, 0.25) is 0 Å². The van der Waals surface area contributed by atoms with Crippen LogP contribution in [0, 0.1) is 13.8 Å². The standard InChI is InChI=1S/C12H21N3OS/c1-8(2)13-6-11(16)7-17-12-14-9(3)5-10(4)15-12/h5,8,11,13,16H,6-7H2,1-4H3. The van der Waals surface area contributed by atoms with Crippen molar-refractivity contribution in [2.24, 2.45) is 0 Å². The maximum atomic E-state index is 9.76. The molecule has 0 aliphatic rings. The van der Waals surface area contributed by atoms with Crippen molar-refractivity contribution in [2.45, 2.75) is 45.0 Å². The van der Waals surface area contributed by atoms with E-state index >= 15 is 0 Å². The summed E-state index contributed by atoms with van der Waals surface area (Å²) >= 11 is 1.50. The molecule has 0 saturated heterocycles. The highest BCUT2D eigenvalue weighted by atomic mass is 32.2. The Labute approximate surface area is 107 Å². The lowest BCUT2D eigenvalue weighted by Crippen LogP contribution is -2.33. The monoisotopic (exact) mass is 255 g/mol. The van der Waals surface area contributed by atoms with E-state index in [0.29, 0.717) is 18.3 Å². The van der Waals surface area contributed by atoms with Gasteiger partial charge >= 0.3 is 0 Å². The van der Waals surface area contributed by atoms with Gasteiger partial charge in [-0.1, -0.05) is 25.6 Å². The first-order chi connectivity index (χ1) is 7.97. The van der Waals surface area contributed by atoms with Crippen molar-refractivity contribution in [2.75, 3.05) is 12.3 Å². The van der Waals surface area contributed by atoms with Crippen molar-refractivity contribution in [3.63, 3.8) is 0 Å². The number of hydrogen-bond acceptors (Lipinski definition) is 5. The molecule has 17 heavy (non-hydrogen) atoms. The first-order valence-corrected chi connectivity index (χ1v) is 6.82. The van der Waals surface area contributed by atoms with E-state index in [0.717, 1.165) is 16.5 Å². The van der Waals surface area contributed by atoms with Gasteiger partial charge in [-0.15, -0.1) is 0 Å². The fraction of sp³-hybridized carbons (Fsp3) is 0.667. The average molecular weight is 255 g/mol. The lowest BCUT2D eigenvalue weighted by molar-refractivity contribution is 0.192. The van der Waals surface area contributed by atoms with Gasteiger partial charge in [-0.3, -0.25) is 0 Å². The Morgan fingerprint density at radius 2 is 1.88 bits per heavy atom. The van der Waals surface area contributed by atoms with Crippen molar-refractivity contribution < 1.29 is 5.11 Å². The summed E-state index contributed by atoms with van der Waals surface area (Å²) in [5.41, 5.74) is 1.93. The van der Waals surface area contributed by atoms with Gasteiger partial charge in [0.25, 0.3) is 0 Å². The maximum Gasteiger partial charge on any atom is 0.188 e. The maximum absolute atomic E-state index is 9.76. The van der Waals surface area contributed by atoms with Crippen LogP contribution >= 0.6 is 11.8 Å². The normalized spacial score (nSPS) is 13.1. The largest absolute Gasteiger partial charge is 0.391 e. The molecular formula is C12H21N3OS. The topological polar surface area (TPSA) is 58.0 Å². The fourth-order valence-electron chi connectivity index (χ4n) is 1.36. The van der Waals surface area contributed by atoms with Crippen LogP contribution < -0.4 is 5.32 Å². The molecule has 0 aliphatic carbocycles. The zero-order valence-electron chi connectivity index (χ0n) is 10.9. The third-order valence-electron chi connectivity index (χ3n) is 2.13. The number of aromatic nitrogens is 2. The summed E-state index contributed by atoms with van der Waals surface area (Å²) in [7, 11) is 0. The molecule has 0 amide bonds. The first-order valence-electron chi connectivity index (χ1n) is 5.84. The van der Waals surface area contributed by atoms with Crippen LogP contribution in [0.4, 0.5) is 0 Å². The number of nitrogens with one attached hydrogen (secondary N) is 1. The van der Waals surface area contributed by atoms with Crippen molar-refractivity contribution in [1.29, 1.82) is 0 Å². The van der Waals surface area contributed by atoms with Gasteiger partial charge in [0.15, 0.2) is 5.16 Å². The van der Waals surface area contributed by atoms with Gasteiger partial charge in [0.2, 0.25) is 0 Å². The Morgan fingerprint density at radius 3 is 2.41 bits per heavy atom. The van der Waals surface area contributed by atoms with Gasteiger partial charge in [-0.2, -0.15) is 0 Å². The summed E-state index contributed by atoms with van der Waals surface area (Å²) in [6.45, 7) is 8.64. The molecular weight excluding hydrogens is 234 g/mol. The number of rotatable bonds is 6. The second-order valence-electron chi connectivity index (χ2n) is 4.46. The van der Waals surface area contributed by atoms with Crippen LogP contribution in [0.5, 0.6) is 0 Å². The number of aliphatic hydroxyl groups is 1. The SMILES string of the molecule is Cc1cc(C)nc(SCC(O)CNC(C)C)n1. The van der Waals surface area contributed by atoms with Crippen LogP contribution in [0.3, 0.4) is 0 Å². The molecule has 1 heterocycles. The molecule has 1 unspecified atom stereocenters. The summed E-state index contributed by atoms with van der Waals surface area (Å²) in [5, 5.41) is 13.7. The average Bonchev–Trinajstić information content (AvgIpc) is 2.22. The minimum absolute atomic E-state index is 0.369. The lowest BCUT2D eigenvalue weighted by atomic mass is 10.3. The number of thioether (sulfide) groups is 1. The van der Waals surface area contributed by atoms with E-state index in [1.807, 2.05) is 19.9 Å². The Kier molecular flexibility index (Phi) is 5.88. The van der Waals surface area contributed by atoms with Gasteiger partial charge in [-0.25, -0.2) is 9.97 Å². The summed E-state index contributed by atoms with van der Waals surface area (Å²) < 4.78 is 0.